The Morgan fingerprint density at radius 2 is 2.21 bits per heavy atom. The number of nitriles is 1. The summed E-state index contributed by atoms with van der Waals surface area (Å²) in [5.74, 6) is 0. The maximum absolute atomic E-state index is 11.6. The standard InChI is InChI=1S/C8H10N2O2S2/c1-6(2)10-14(11,12)8-7(5-9)3-4-13-8/h3-4,6,10H,1-2H3. The van der Waals surface area contributed by atoms with E-state index < -0.39 is 10.0 Å². The molecule has 0 fully saturated rings. The number of rotatable bonds is 3. The minimum atomic E-state index is -3.51. The van der Waals surface area contributed by atoms with E-state index in [1.807, 2.05) is 6.07 Å². The third-order valence-electron chi connectivity index (χ3n) is 1.39. The van der Waals surface area contributed by atoms with Crippen molar-refractivity contribution in [2.24, 2.45) is 0 Å². The Labute approximate surface area is 87.2 Å². The summed E-state index contributed by atoms with van der Waals surface area (Å²) in [7, 11) is -3.51. The molecule has 14 heavy (non-hydrogen) atoms. The molecular weight excluding hydrogens is 220 g/mol. The van der Waals surface area contributed by atoms with Gasteiger partial charge in [-0.1, -0.05) is 0 Å². The second-order valence-electron chi connectivity index (χ2n) is 3.01. The van der Waals surface area contributed by atoms with Crippen LogP contribution >= 0.6 is 11.3 Å². The highest BCUT2D eigenvalue weighted by atomic mass is 32.2. The maximum atomic E-state index is 11.6. The molecule has 6 heteroatoms. The molecule has 0 unspecified atom stereocenters. The Kier molecular flexibility index (Phi) is 3.26. The largest absolute Gasteiger partial charge is 0.251 e. The number of nitrogens with one attached hydrogen (secondary N) is 1. The van der Waals surface area contributed by atoms with Crippen molar-refractivity contribution < 1.29 is 8.42 Å². The van der Waals surface area contributed by atoms with Crippen LogP contribution in [0.1, 0.15) is 19.4 Å². The minimum absolute atomic E-state index is 0.0914. The maximum Gasteiger partial charge on any atom is 0.251 e. The van der Waals surface area contributed by atoms with E-state index in [2.05, 4.69) is 4.72 Å². The van der Waals surface area contributed by atoms with Crippen molar-refractivity contribution in [2.45, 2.75) is 24.1 Å². The van der Waals surface area contributed by atoms with E-state index in [9.17, 15) is 8.42 Å². The van der Waals surface area contributed by atoms with Gasteiger partial charge in [-0.3, -0.25) is 0 Å². The van der Waals surface area contributed by atoms with Crippen LogP contribution in [0.25, 0.3) is 0 Å². The first kappa shape index (κ1) is 11.2. The Morgan fingerprint density at radius 1 is 1.57 bits per heavy atom. The lowest BCUT2D eigenvalue weighted by Gasteiger charge is -2.07. The molecule has 0 bridgehead atoms. The fraction of sp³-hybridized carbons (Fsp3) is 0.375. The summed E-state index contributed by atoms with van der Waals surface area (Å²) < 4.78 is 25.8. The van der Waals surface area contributed by atoms with Crippen LogP contribution in [-0.2, 0) is 10.0 Å². The zero-order valence-corrected chi connectivity index (χ0v) is 9.45. The van der Waals surface area contributed by atoms with Crippen LogP contribution in [0.4, 0.5) is 0 Å². The topological polar surface area (TPSA) is 70.0 Å². The van der Waals surface area contributed by atoms with Gasteiger partial charge < -0.3 is 0 Å². The molecule has 0 aliphatic carbocycles. The van der Waals surface area contributed by atoms with E-state index in [1.165, 1.54) is 6.07 Å². The molecule has 0 saturated heterocycles. The molecule has 0 spiro atoms. The van der Waals surface area contributed by atoms with Gasteiger partial charge >= 0.3 is 0 Å². The van der Waals surface area contributed by atoms with Crippen LogP contribution in [-0.4, -0.2) is 14.5 Å². The molecule has 1 rings (SSSR count). The van der Waals surface area contributed by atoms with Crippen LogP contribution < -0.4 is 4.72 Å². The number of sulfonamides is 1. The van der Waals surface area contributed by atoms with Crippen LogP contribution in [0.5, 0.6) is 0 Å². The monoisotopic (exact) mass is 230 g/mol. The Hall–Kier alpha value is -0.900. The predicted octanol–water partition coefficient (Wildman–Crippen LogP) is 1.31. The molecule has 0 aliphatic heterocycles. The average Bonchev–Trinajstić information content (AvgIpc) is 2.48. The second-order valence-corrected chi connectivity index (χ2v) is 5.83. The SMILES string of the molecule is CC(C)NS(=O)(=O)c1sccc1C#N. The van der Waals surface area contributed by atoms with Gasteiger partial charge in [-0.05, 0) is 25.3 Å². The molecule has 0 aliphatic rings. The molecule has 0 radical (unpaired) electrons. The lowest BCUT2D eigenvalue weighted by atomic mass is 10.4. The molecule has 1 heterocycles. The van der Waals surface area contributed by atoms with Crippen LogP contribution in [0, 0.1) is 11.3 Å². The van der Waals surface area contributed by atoms with Gasteiger partial charge in [0, 0.05) is 6.04 Å². The zero-order valence-electron chi connectivity index (χ0n) is 7.81. The molecular formula is C8H10N2O2S2. The van der Waals surface area contributed by atoms with Crippen molar-refractivity contribution in [3.05, 3.63) is 17.0 Å². The fourth-order valence-corrected chi connectivity index (χ4v) is 3.47. The van der Waals surface area contributed by atoms with Crippen molar-refractivity contribution in [3.63, 3.8) is 0 Å². The molecule has 1 aromatic rings. The van der Waals surface area contributed by atoms with Gasteiger partial charge in [0.15, 0.2) is 4.21 Å². The normalized spacial score (nSPS) is 11.6. The smallest absolute Gasteiger partial charge is 0.208 e. The van der Waals surface area contributed by atoms with Gasteiger partial charge in [-0.25, -0.2) is 13.1 Å². The number of hydrogen-bond donors (Lipinski definition) is 1. The quantitative estimate of drug-likeness (QED) is 0.851. The molecule has 4 nitrogen and oxygen atoms in total. The minimum Gasteiger partial charge on any atom is -0.208 e. The molecule has 76 valence electrons. The van der Waals surface area contributed by atoms with Crippen LogP contribution in [0.15, 0.2) is 15.7 Å². The van der Waals surface area contributed by atoms with Gasteiger partial charge in [0.05, 0.1) is 5.56 Å². The Morgan fingerprint density at radius 3 is 2.71 bits per heavy atom. The second kappa shape index (κ2) is 4.09. The molecule has 0 atom stereocenters. The summed E-state index contributed by atoms with van der Waals surface area (Å²) >= 11 is 1.05. The highest BCUT2D eigenvalue weighted by Crippen LogP contribution is 2.21. The molecule has 0 amide bonds. The van der Waals surface area contributed by atoms with E-state index in [0.29, 0.717) is 0 Å². The number of thiophene rings is 1. The number of hydrogen-bond acceptors (Lipinski definition) is 4. The van der Waals surface area contributed by atoms with Crippen LogP contribution in [0.2, 0.25) is 0 Å². The Bertz CT molecular complexity index is 454. The highest BCUT2D eigenvalue weighted by Gasteiger charge is 2.20. The van der Waals surface area contributed by atoms with Crippen LogP contribution in [0.3, 0.4) is 0 Å². The zero-order chi connectivity index (χ0) is 10.8. The van der Waals surface area contributed by atoms with Crippen molar-refractivity contribution >= 4 is 21.4 Å². The van der Waals surface area contributed by atoms with E-state index >= 15 is 0 Å². The van der Waals surface area contributed by atoms with Crippen molar-refractivity contribution in [2.75, 3.05) is 0 Å². The van der Waals surface area contributed by atoms with Gasteiger partial charge in [-0.15, -0.1) is 11.3 Å². The first-order chi connectivity index (χ1) is 6.47. The summed E-state index contributed by atoms with van der Waals surface area (Å²) in [5, 5.41) is 10.3. The first-order valence-electron chi connectivity index (χ1n) is 3.97. The Balaban J connectivity index is 3.12. The van der Waals surface area contributed by atoms with E-state index in [0.717, 1.165) is 11.3 Å². The molecule has 1 N–H and O–H groups in total. The van der Waals surface area contributed by atoms with Gasteiger partial charge in [0.25, 0.3) is 10.0 Å². The third kappa shape index (κ3) is 2.32. The lowest BCUT2D eigenvalue weighted by molar-refractivity contribution is 0.572. The van der Waals surface area contributed by atoms with E-state index in [-0.39, 0.29) is 15.8 Å². The van der Waals surface area contributed by atoms with Gasteiger partial charge in [0.2, 0.25) is 0 Å². The van der Waals surface area contributed by atoms with Gasteiger partial charge in [-0.2, -0.15) is 5.26 Å². The first-order valence-corrected chi connectivity index (χ1v) is 6.33. The molecule has 0 saturated carbocycles. The van der Waals surface area contributed by atoms with Crippen molar-refractivity contribution in [1.29, 1.82) is 5.26 Å². The van der Waals surface area contributed by atoms with E-state index in [4.69, 9.17) is 5.26 Å². The summed E-state index contributed by atoms with van der Waals surface area (Å²) in [5.41, 5.74) is 0.197. The summed E-state index contributed by atoms with van der Waals surface area (Å²) in [6.45, 7) is 3.47. The summed E-state index contributed by atoms with van der Waals surface area (Å²) in [4.78, 5) is 0. The molecule has 1 aromatic heterocycles. The van der Waals surface area contributed by atoms with Crippen molar-refractivity contribution in [1.82, 2.24) is 4.72 Å². The number of nitrogens with zero attached hydrogens (tertiary/aromatic N) is 1. The summed E-state index contributed by atoms with van der Waals surface area (Å²) in [6, 6.07) is 3.17. The molecule has 0 aromatic carbocycles. The van der Waals surface area contributed by atoms with Gasteiger partial charge in [0.1, 0.15) is 6.07 Å². The highest BCUT2D eigenvalue weighted by molar-refractivity contribution is 7.91. The fourth-order valence-electron chi connectivity index (χ4n) is 0.950. The van der Waals surface area contributed by atoms with E-state index in [1.54, 1.807) is 19.2 Å². The summed E-state index contributed by atoms with van der Waals surface area (Å²) in [6.07, 6.45) is 0. The average molecular weight is 230 g/mol. The predicted molar refractivity (Wildman–Crippen MR) is 54.5 cm³/mol. The lowest BCUT2D eigenvalue weighted by Crippen LogP contribution is -2.30. The third-order valence-corrected chi connectivity index (χ3v) is 4.53. The van der Waals surface area contributed by atoms with Crippen molar-refractivity contribution in [3.8, 4) is 6.07 Å².